The van der Waals surface area contributed by atoms with E-state index >= 15 is 0 Å². The summed E-state index contributed by atoms with van der Waals surface area (Å²) in [6.45, 7) is 1.45. The molecule has 3 aliphatic rings. The monoisotopic (exact) mass is 612 g/mol. The van der Waals surface area contributed by atoms with Crippen LogP contribution in [0.3, 0.4) is 0 Å². The number of amides is 3. The zero-order valence-corrected chi connectivity index (χ0v) is 23.0. The molecule has 3 fully saturated rings. The van der Waals surface area contributed by atoms with Crippen molar-refractivity contribution in [1.82, 2.24) is 30.8 Å². The molecule has 1 saturated carbocycles. The fourth-order valence-corrected chi connectivity index (χ4v) is 6.31. The number of alkyl halides is 5. The second-order valence-corrected chi connectivity index (χ2v) is 11.4. The third kappa shape index (κ3) is 5.52. The number of urea groups is 1. The number of carbonyl (C=O) groups excluding carboxylic acids is 2. The van der Waals surface area contributed by atoms with E-state index in [0.29, 0.717) is 16.7 Å². The SMILES string of the molecule is Cc1nonc1C(=O)N[C@H](c1nc2cc(C3(N4C[C@@H](C(F)(F)F)NC4=O)CCOCC3)ccc2o1)C1CCC(F)(F)CC1. The molecule has 3 aromatic rings. The first kappa shape index (κ1) is 29.3. The number of nitrogens with one attached hydrogen (secondary N) is 2. The molecule has 232 valence electrons. The Bertz CT molecular complexity index is 1510. The number of nitrogens with zero attached hydrogens (tertiary/aromatic N) is 4. The van der Waals surface area contributed by atoms with Gasteiger partial charge in [-0.3, -0.25) is 4.79 Å². The number of aromatic nitrogens is 3. The lowest BCUT2D eigenvalue weighted by Gasteiger charge is -2.44. The van der Waals surface area contributed by atoms with Crippen LogP contribution in [-0.4, -0.2) is 70.0 Å². The highest BCUT2D eigenvalue weighted by Crippen LogP contribution is 2.44. The van der Waals surface area contributed by atoms with E-state index in [0.717, 1.165) is 0 Å². The van der Waals surface area contributed by atoms with E-state index in [4.69, 9.17) is 9.15 Å². The molecule has 1 aromatic carbocycles. The summed E-state index contributed by atoms with van der Waals surface area (Å²) < 4.78 is 84.7. The van der Waals surface area contributed by atoms with Crippen molar-refractivity contribution in [2.45, 2.75) is 75.2 Å². The quantitative estimate of drug-likeness (QED) is 0.380. The summed E-state index contributed by atoms with van der Waals surface area (Å²) >= 11 is 0. The lowest BCUT2D eigenvalue weighted by molar-refractivity contribution is -0.151. The summed E-state index contributed by atoms with van der Waals surface area (Å²) in [7, 11) is 0. The molecule has 0 unspecified atom stereocenters. The average Bonchev–Trinajstić information content (AvgIpc) is 3.69. The Balaban J connectivity index is 1.34. The van der Waals surface area contributed by atoms with Crippen molar-refractivity contribution in [3.05, 3.63) is 41.0 Å². The average molecular weight is 613 g/mol. The second-order valence-electron chi connectivity index (χ2n) is 11.4. The third-order valence-corrected chi connectivity index (χ3v) is 8.73. The first-order valence-electron chi connectivity index (χ1n) is 14.0. The van der Waals surface area contributed by atoms with Crippen LogP contribution in [-0.2, 0) is 10.3 Å². The first-order valence-corrected chi connectivity index (χ1v) is 14.0. The van der Waals surface area contributed by atoms with Crippen LogP contribution in [0.15, 0.2) is 27.2 Å². The van der Waals surface area contributed by atoms with Crippen molar-refractivity contribution in [1.29, 1.82) is 0 Å². The van der Waals surface area contributed by atoms with Crippen LogP contribution in [0.5, 0.6) is 0 Å². The van der Waals surface area contributed by atoms with Gasteiger partial charge in [0.15, 0.2) is 11.3 Å². The number of oxazole rings is 1. The van der Waals surface area contributed by atoms with Crippen molar-refractivity contribution in [2.75, 3.05) is 19.8 Å². The lowest BCUT2D eigenvalue weighted by Crippen LogP contribution is -2.51. The molecule has 2 aliphatic heterocycles. The minimum Gasteiger partial charge on any atom is -0.438 e. The van der Waals surface area contributed by atoms with Gasteiger partial charge >= 0.3 is 12.2 Å². The van der Waals surface area contributed by atoms with Gasteiger partial charge in [-0.05, 0) is 61.4 Å². The maximum Gasteiger partial charge on any atom is 0.410 e. The van der Waals surface area contributed by atoms with E-state index < -0.39 is 54.1 Å². The number of aryl methyl sites for hydroxylation is 1. The van der Waals surface area contributed by atoms with Gasteiger partial charge in [-0.15, -0.1) is 0 Å². The molecule has 16 heteroatoms. The summed E-state index contributed by atoms with van der Waals surface area (Å²) in [5, 5.41) is 12.1. The number of hydrogen-bond donors (Lipinski definition) is 2. The Hall–Kier alpha value is -3.82. The Morgan fingerprint density at radius 2 is 1.86 bits per heavy atom. The summed E-state index contributed by atoms with van der Waals surface area (Å²) in [5.74, 6) is -3.78. The fraction of sp³-hybridized carbons (Fsp3) is 0.593. The summed E-state index contributed by atoms with van der Waals surface area (Å²) in [5.41, 5.74) is 0.310. The smallest absolute Gasteiger partial charge is 0.410 e. The molecule has 0 spiro atoms. The molecule has 0 radical (unpaired) electrons. The highest BCUT2D eigenvalue weighted by Gasteiger charge is 2.53. The predicted octanol–water partition coefficient (Wildman–Crippen LogP) is 4.78. The van der Waals surface area contributed by atoms with Gasteiger partial charge in [0.2, 0.25) is 11.8 Å². The van der Waals surface area contributed by atoms with Crippen LogP contribution < -0.4 is 10.6 Å². The zero-order valence-electron chi connectivity index (χ0n) is 23.0. The van der Waals surface area contributed by atoms with Crippen molar-refractivity contribution >= 4 is 23.0 Å². The molecule has 11 nitrogen and oxygen atoms in total. The highest BCUT2D eigenvalue weighted by atomic mass is 19.4. The minimum absolute atomic E-state index is 0.0629. The number of halogens is 5. The van der Waals surface area contributed by atoms with Gasteiger partial charge in [-0.2, -0.15) is 13.2 Å². The Kier molecular flexibility index (Phi) is 7.29. The first-order chi connectivity index (χ1) is 20.4. The van der Waals surface area contributed by atoms with Crippen LogP contribution in [0.25, 0.3) is 11.1 Å². The van der Waals surface area contributed by atoms with Crippen molar-refractivity contribution in [3.63, 3.8) is 0 Å². The topological polar surface area (TPSA) is 136 Å². The summed E-state index contributed by atoms with van der Waals surface area (Å²) in [4.78, 5) is 31.7. The van der Waals surface area contributed by atoms with E-state index in [2.05, 4.69) is 25.2 Å². The lowest BCUT2D eigenvalue weighted by atomic mass is 9.81. The van der Waals surface area contributed by atoms with Crippen LogP contribution in [0.1, 0.15) is 72.2 Å². The van der Waals surface area contributed by atoms with Crippen LogP contribution in [0.4, 0.5) is 26.7 Å². The van der Waals surface area contributed by atoms with Gasteiger partial charge < -0.3 is 24.7 Å². The Labute approximate surface area is 241 Å². The molecular formula is C27H29F5N6O5. The van der Waals surface area contributed by atoms with E-state index in [1.54, 1.807) is 18.2 Å². The van der Waals surface area contributed by atoms with Crippen LogP contribution in [0.2, 0.25) is 0 Å². The molecule has 3 amide bonds. The number of carbonyl (C=O) groups is 2. The predicted molar refractivity (Wildman–Crippen MR) is 137 cm³/mol. The van der Waals surface area contributed by atoms with Crippen LogP contribution in [0, 0.1) is 12.8 Å². The van der Waals surface area contributed by atoms with Gasteiger partial charge in [0.25, 0.3) is 5.91 Å². The molecule has 4 heterocycles. The number of ether oxygens (including phenoxy) is 1. The Morgan fingerprint density at radius 3 is 2.49 bits per heavy atom. The van der Waals surface area contributed by atoms with Crippen molar-refractivity contribution in [2.24, 2.45) is 5.92 Å². The van der Waals surface area contributed by atoms with E-state index in [1.165, 1.54) is 11.8 Å². The van der Waals surface area contributed by atoms with E-state index in [9.17, 15) is 31.5 Å². The molecule has 1 aliphatic carbocycles. The van der Waals surface area contributed by atoms with Gasteiger partial charge in [0, 0.05) is 26.1 Å². The third-order valence-electron chi connectivity index (χ3n) is 8.73. The molecule has 0 bridgehead atoms. The van der Waals surface area contributed by atoms with Gasteiger partial charge in [0.1, 0.15) is 23.3 Å². The molecule has 2 N–H and O–H groups in total. The number of hydrogen-bond acceptors (Lipinski definition) is 8. The van der Waals surface area contributed by atoms with Crippen LogP contribution >= 0.6 is 0 Å². The fourth-order valence-electron chi connectivity index (χ4n) is 6.31. The minimum atomic E-state index is -4.61. The number of fused-ring (bicyclic) bond motifs is 1. The van der Waals surface area contributed by atoms with Gasteiger partial charge in [-0.25, -0.2) is 23.2 Å². The molecule has 43 heavy (non-hydrogen) atoms. The van der Waals surface area contributed by atoms with E-state index in [1.807, 2.05) is 5.32 Å². The molecule has 2 atom stereocenters. The number of rotatable bonds is 6. The summed E-state index contributed by atoms with van der Waals surface area (Å²) in [6.07, 6.45) is -4.59. The summed E-state index contributed by atoms with van der Waals surface area (Å²) in [6, 6.07) is 1.23. The highest BCUT2D eigenvalue weighted by molar-refractivity contribution is 5.93. The number of benzene rings is 1. The largest absolute Gasteiger partial charge is 0.438 e. The van der Waals surface area contributed by atoms with E-state index in [-0.39, 0.29) is 69.0 Å². The molecular weight excluding hydrogens is 583 g/mol. The van der Waals surface area contributed by atoms with Crippen molar-refractivity contribution < 1.29 is 45.3 Å². The second kappa shape index (κ2) is 10.7. The standard InChI is InChI=1S/C27H29F5N6O5/c1-14-20(37-43-36-14)22(39)35-21(15-4-6-26(28,29)7-5-15)23-33-17-12-16(2-3-18(17)42-23)25(8-10-41-11-9-25)38-13-19(27(30,31)32)34-24(38)40/h2-3,12,15,19,21H,4-11,13H2,1H3,(H,34,40)(H,35,39)/t19-,21-/m0/s1. The van der Waals surface area contributed by atoms with Gasteiger partial charge in [-0.1, -0.05) is 11.2 Å². The van der Waals surface area contributed by atoms with Crippen molar-refractivity contribution in [3.8, 4) is 0 Å². The van der Waals surface area contributed by atoms with Gasteiger partial charge in [0.05, 0.1) is 12.1 Å². The molecule has 2 saturated heterocycles. The normalized spacial score (nSPS) is 23.3. The maximum absolute atomic E-state index is 14.0. The molecule has 2 aromatic heterocycles. The Morgan fingerprint density at radius 1 is 1.14 bits per heavy atom. The maximum atomic E-state index is 14.0. The zero-order chi connectivity index (χ0) is 30.6. The molecule has 6 rings (SSSR count).